The van der Waals surface area contributed by atoms with E-state index in [1.165, 1.54) is 18.3 Å². The Kier molecular flexibility index (Phi) is 2.34. The number of aromatic nitrogens is 1. The minimum Gasteiger partial charge on any atom is -0.478 e. The molecular formula is C15H12N2O4. The van der Waals surface area contributed by atoms with Crippen molar-refractivity contribution in [2.75, 3.05) is 4.90 Å². The van der Waals surface area contributed by atoms with Crippen molar-refractivity contribution >= 4 is 23.6 Å². The van der Waals surface area contributed by atoms with Gasteiger partial charge in [-0.15, -0.1) is 0 Å². The predicted octanol–water partition coefficient (Wildman–Crippen LogP) is 1.09. The third kappa shape index (κ3) is 1.53. The van der Waals surface area contributed by atoms with Crippen LogP contribution in [0.1, 0.15) is 16.8 Å². The van der Waals surface area contributed by atoms with Crippen LogP contribution in [0.25, 0.3) is 0 Å². The number of hydrogen-bond acceptors (Lipinski definition) is 4. The van der Waals surface area contributed by atoms with Crippen molar-refractivity contribution in [2.45, 2.75) is 6.42 Å². The van der Waals surface area contributed by atoms with Crippen molar-refractivity contribution in [3.8, 4) is 0 Å². The predicted molar refractivity (Wildman–Crippen MR) is 71.4 cm³/mol. The smallest absolute Gasteiger partial charge is 0.335 e. The maximum atomic E-state index is 12.6. The molecule has 2 bridgehead atoms. The molecule has 0 aromatic carbocycles. The number of amides is 2. The molecule has 106 valence electrons. The minimum atomic E-state index is -1.11. The SMILES string of the molecule is O=C(O)c1ccnc(N2C(=O)C3C4C=CC(C4)C3C2=O)c1. The molecule has 0 spiro atoms. The third-order valence-electron chi connectivity index (χ3n) is 4.69. The Labute approximate surface area is 120 Å². The summed E-state index contributed by atoms with van der Waals surface area (Å²) in [4.78, 5) is 41.2. The monoisotopic (exact) mass is 284 g/mol. The van der Waals surface area contributed by atoms with Gasteiger partial charge in [0.2, 0.25) is 11.8 Å². The molecule has 2 aliphatic carbocycles. The van der Waals surface area contributed by atoms with Gasteiger partial charge in [-0.05, 0) is 30.4 Å². The average Bonchev–Trinajstić information content (AvgIpc) is 3.13. The van der Waals surface area contributed by atoms with E-state index < -0.39 is 5.97 Å². The van der Waals surface area contributed by atoms with Crippen molar-refractivity contribution < 1.29 is 19.5 Å². The fourth-order valence-corrected chi connectivity index (χ4v) is 3.80. The number of pyridine rings is 1. The number of anilines is 1. The molecule has 1 aliphatic heterocycles. The third-order valence-corrected chi connectivity index (χ3v) is 4.69. The van der Waals surface area contributed by atoms with E-state index in [1.807, 2.05) is 12.2 Å². The first-order valence-electron chi connectivity index (χ1n) is 6.83. The van der Waals surface area contributed by atoms with Gasteiger partial charge in [0.25, 0.3) is 0 Å². The Morgan fingerprint density at radius 1 is 1.19 bits per heavy atom. The Bertz CT molecular complexity index is 681. The highest BCUT2D eigenvalue weighted by atomic mass is 16.4. The molecule has 6 nitrogen and oxygen atoms in total. The molecule has 0 radical (unpaired) electrons. The van der Waals surface area contributed by atoms with E-state index >= 15 is 0 Å². The van der Waals surface area contributed by atoms with Crippen LogP contribution in [0.2, 0.25) is 0 Å². The Hall–Kier alpha value is -2.50. The van der Waals surface area contributed by atoms with E-state index in [2.05, 4.69) is 4.98 Å². The van der Waals surface area contributed by atoms with Crippen LogP contribution in [-0.4, -0.2) is 27.9 Å². The van der Waals surface area contributed by atoms with E-state index in [0.717, 1.165) is 11.3 Å². The molecule has 1 aromatic rings. The first kappa shape index (κ1) is 12.3. The molecule has 1 aromatic heterocycles. The highest BCUT2D eigenvalue weighted by molar-refractivity contribution is 6.22. The number of aromatic carboxylic acids is 1. The molecule has 3 aliphatic rings. The Morgan fingerprint density at radius 3 is 2.38 bits per heavy atom. The number of allylic oxidation sites excluding steroid dienone is 2. The number of imide groups is 1. The average molecular weight is 284 g/mol. The van der Waals surface area contributed by atoms with E-state index in [0.29, 0.717) is 0 Å². The van der Waals surface area contributed by atoms with Crippen molar-refractivity contribution in [1.82, 2.24) is 4.98 Å². The molecular weight excluding hydrogens is 272 g/mol. The Balaban J connectivity index is 1.74. The van der Waals surface area contributed by atoms with Crippen LogP contribution in [-0.2, 0) is 9.59 Å². The zero-order chi connectivity index (χ0) is 14.7. The van der Waals surface area contributed by atoms with Crippen LogP contribution in [0.15, 0.2) is 30.5 Å². The van der Waals surface area contributed by atoms with Crippen LogP contribution >= 0.6 is 0 Å². The molecule has 2 amide bonds. The zero-order valence-electron chi connectivity index (χ0n) is 11.0. The molecule has 1 saturated heterocycles. The lowest BCUT2D eigenvalue weighted by molar-refractivity contribution is -0.123. The summed E-state index contributed by atoms with van der Waals surface area (Å²) in [6.07, 6.45) is 6.20. The first-order valence-corrected chi connectivity index (χ1v) is 6.83. The summed E-state index contributed by atoms with van der Waals surface area (Å²) in [5, 5.41) is 9.01. The lowest BCUT2D eigenvalue weighted by Gasteiger charge is -2.16. The number of nitrogens with zero attached hydrogens (tertiary/aromatic N) is 2. The lowest BCUT2D eigenvalue weighted by atomic mass is 9.85. The van der Waals surface area contributed by atoms with Crippen LogP contribution < -0.4 is 4.90 Å². The standard InChI is InChI=1S/C15H12N2O4/c18-13-11-7-1-2-8(5-7)12(11)14(19)17(13)10-6-9(15(20)21)3-4-16-10/h1-4,6-8,11-12H,5H2,(H,20,21). The molecule has 2 fully saturated rings. The van der Waals surface area contributed by atoms with Gasteiger partial charge >= 0.3 is 5.97 Å². The van der Waals surface area contributed by atoms with E-state index in [1.54, 1.807) is 0 Å². The number of carbonyl (C=O) groups is 3. The van der Waals surface area contributed by atoms with Gasteiger partial charge in [0.15, 0.2) is 0 Å². The van der Waals surface area contributed by atoms with E-state index in [9.17, 15) is 14.4 Å². The van der Waals surface area contributed by atoms with Gasteiger partial charge in [-0.1, -0.05) is 12.2 Å². The number of carboxylic acids is 1. The van der Waals surface area contributed by atoms with Crippen LogP contribution in [0, 0.1) is 23.7 Å². The summed E-state index contributed by atoms with van der Waals surface area (Å²) >= 11 is 0. The lowest BCUT2D eigenvalue weighted by Crippen LogP contribution is -2.33. The van der Waals surface area contributed by atoms with Crippen LogP contribution in [0.5, 0.6) is 0 Å². The molecule has 4 atom stereocenters. The summed E-state index contributed by atoms with van der Waals surface area (Å²) in [5.74, 6) is -1.86. The quantitative estimate of drug-likeness (QED) is 0.649. The largest absolute Gasteiger partial charge is 0.478 e. The van der Waals surface area contributed by atoms with Crippen molar-refractivity contribution in [3.05, 3.63) is 36.0 Å². The maximum absolute atomic E-state index is 12.6. The first-order chi connectivity index (χ1) is 10.1. The summed E-state index contributed by atoms with van der Waals surface area (Å²) in [5.41, 5.74) is 0.0127. The summed E-state index contributed by atoms with van der Waals surface area (Å²) in [6, 6.07) is 2.61. The highest BCUT2D eigenvalue weighted by Crippen LogP contribution is 2.52. The topological polar surface area (TPSA) is 87.6 Å². The molecule has 1 saturated carbocycles. The normalized spacial score (nSPS) is 32.9. The van der Waals surface area contributed by atoms with Crippen molar-refractivity contribution in [2.24, 2.45) is 23.7 Å². The fourth-order valence-electron chi connectivity index (χ4n) is 3.80. The summed E-state index contributed by atoms with van der Waals surface area (Å²) in [6.45, 7) is 0. The fraction of sp³-hybridized carbons (Fsp3) is 0.333. The van der Waals surface area contributed by atoms with Crippen LogP contribution in [0.4, 0.5) is 5.82 Å². The van der Waals surface area contributed by atoms with E-state index in [-0.39, 0.29) is 46.9 Å². The van der Waals surface area contributed by atoms with Crippen molar-refractivity contribution in [1.29, 1.82) is 0 Å². The highest BCUT2D eigenvalue weighted by Gasteiger charge is 2.59. The van der Waals surface area contributed by atoms with Gasteiger partial charge in [0, 0.05) is 6.20 Å². The van der Waals surface area contributed by atoms with Crippen molar-refractivity contribution in [3.63, 3.8) is 0 Å². The zero-order valence-corrected chi connectivity index (χ0v) is 11.0. The number of fused-ring (bicyclic) bond motifs is 5. The summed E-state index contributed by atoms with van der Waals surface area (Å²) < 4.78 is 0. The van der Waals surface area contributed by atoms with Gasteiger partial charge in [0.1, 0.15) is 5.82 Å². The van der Waals surface area contributed by atoms with Gasteiger partial charge < -0.3 is 5.11 Å². The maximum Gasteiger partial charge on any atom is 0.335 e. The van der Waals surface area contributed by atoms with Gasteiger partial charge in [-0.3, -0.25) is 9.59 Å². The van der Waals surface area contributed by atoms with Gasteiger partial charge in [-0.25, -0.2) is 14.7 Å². The second-order valence-corrected chi connectivity index (χ2v) is 5.72. The molecule has 4 unspecified atom stereocenters. The Morgan fingerprint density at radius 2 is 1.81 bits per heavy atom. The minimum absolute atomic E-state index is 0.0127. The number of rotatable bonds is 2. The number of carbonyl (C=O) groups excluding carboxylic acids is 2. The molecule has 1 N–H and O–H groups in total. The summed E-state index contributed by atoms with van der Waals surface area (Å²) in [7, 11) is 0. The second-order valence-electron chi connectivity index (χ2n) is 5.72. The van der Waals surface area contributed by atoms with Gasteiger partial charge in [0.05, 0.1) is 17.4 Å². The van der Waals surface area contributed by atoms with E-state index in [4.69, 9.17) is 5.11 Å². The van der Waals surface area contributed by atoms with Crippen LogP contribution in [0.3, 0.4) is 0 Å². The molecule has 21 heavy (non-hydrogen) atoms. The molecule has 2 heterocycles. The number of hydrogen-bond donors (Lipinski definition) is 1. The number of carboxylic acid groups (broad SMARTS) is 1. The van der Waals surface area contributed by atoms with Gasteiger partial charge in [-0.2, -0.15) is 0 Å². The second kappa shape index (κ2) is 4.00. The molecule has 4 rings (SSSR count). The molecule has 6 heteroatoms.